The molecule has 2 aromatic heterocycles. The lowest BCUT2D eigenvalue weighted by Crippen LogP contribution is -2.42. The van der Waals surface area contributed by atoms with Gasteiger partial charge in [0.2, 0.25) is 5.65 Å². The molecule has 7 heteroatoms. The van der Waals surface area contributed by atoms with Crippen LogP contribution in [0.3, 0.4) is 0 Å². The van der Waals surface area contributed by atoms with Gasteiger partial charge in [-0.05, 0) is 30.8 Å². The first-order valence-electron chi connectivity index (χ1n) is 7.01. The van der Waals surface area contributed by atoms with Gasteiger partial charge in [-0.15, -0.1) is 0 Å². The van der Waals surface area contributed by atoms with E-state index in [1.165, 1.54) is 4.40 Å². The number of imidazole rings is 1. The minimum absolute atomic E-state index is 0.0305. The maximum absolute atomic E-state index is 11.3. The number of pyridine rings is 1. The van der Waals surface area contributed by atoms with E-state index in [1.54, 1.807) is 18.3 Å². The van der Waals surface area contributed by atoms with Gasteiger partial charge in [-0.25, -0.2) is 4.98 Å². The highest BCUT2D eigenvalue weighted by atomic mass is 16.6. The quantitative estimate of drug-likeness (QED) is 0.685. The molecule has 1 aliphatic heterocycles. The van der Waals surface area contributed by atoms with Gasteiger partial charge in [0.1, 0.15) is 0 Å². The maximum atomic E-state index is 11.3. The van der Waals surface area contributed by atoms with E-state index in [0.29, 0.717) is 30.7 Å². The third-order valence-electron chi connectivity index (χ3n) is 4.05. The Bertz CT molecular complexity index is 670. The zero-order valence-corrected chi connectivity index (χ0v) is 11.9. The molecule has 0 bridgehead atoms. The molecule has 0 amide bonds. The van der Waals surface area contributed by atoms with Gasteiger partial charge in [-0.3, -0.25) is 4.90 Å². The summed E-state index contributed by atoms with van der Waals surface area (Å²) >= 11 is 0. The fraction of sp³-hybridized carbons (Fsp3) is 0.500. The largest absolute Gasteiger partial charge is 0.390 e. The molecule has 112 valence electrons. The zero-order valence-electron chi connectivity index (χ0n) is 11.9. The molecule has 0 atom stereocenters. The van der Waals surface area contributed by atoms with Gasteiger partial charge < -0.3 is 15.2 Å². The molecule has 0 spiro atoms. The number of likely N-dealkylation sites (tertiary alicyclic amines) is 1. The minimum atomic E-state index is -0.624. The molecule has 21 heavy (non-hydrogen) atoms. The topological polar surface area (TPSA) is 83.9 Å². The Kier molecular flexibility index (Phi) is 3.38. The second-order valence-corrected chi connectivity index (χ2v) is 5.84. The lowest BCUT2D eigenvalue weighted by Gasteiger charge is -2.35. The van der Waals surface area contributed by atoms with E-state index in [2.05, 4.69) is 9.88 Å². The SMILES string of the molecule is CC1(O)CCN(Cc2nc3ccccn3c2[N+](=O)[O-])CC1. The minimum Gasteiger partial charge on any atom is -0.390 e. The average Bonchev–Trinajstić information content (AvgIpc) is 2.79. The van der Waals surface area contributed by atoms with Crippen molar-refractivity contribution in [1.82, 2.24) is 14.3 Å². The lowest BCUT2D eigenvalue weighted by atomic mass is 9.94. The van der Waals surface area contributed by atoms with Crippen LogP contribution in [0.1, 0.15) is 25.5 Å². The van der Waals surface area contributed by atoms with Gasteiger partial charge in [-0.1, -0.05) is 6.07 Å². The van der Waals surface area contributed by atoms with Gasteiger partial charge >= 0.3 is 5.82 Å². The number of fused-ring (bicyclic) bond motifs is 1. The van der Waals surface area contributed by atoms with Crippen LogP contribution < -0.4 is 0 Å². The predicted molar refractivity (Wildman–Crippen MR) is 77.0 cm³/mol. The van der Waals surface area contributed by atoms with E-state index < -0.39 is 5.60 Å². The fourth-order valence-electron chi connectivity index (χ4n) is 2.74. The van der Waals surface area contributed by atoms with E-state index in [0.717, 1.165) is 13.1 Å². The summed E-state index contributed by atoms with van der Waals surface area (Å²) in [4.78, 5) is 17.4. The van der Waals surface area contributed by atoms with Crippen LogP contribution >= 0.6 is 0 Å². The number of aliphatic hydroxyl groups is 1. The van der Waals surface area contributed by atoms with E-state index in [9.17, 15) is 15.2 Å². The van der Waals surface area contributed by atoms with Crippen molar-refractivity contribution in [3.8, 4) is 0 Å². The third kappa shape index (κ3) is 2.74. The first-order chi connectivity index (χ1) is 9.96. The number of aromatic nitrogens is 2. The molecular formula is C14H18N4O3. The monoisotopic (exact) mass is 290 g/mol. The van der Waals surface area contributed by atoms with Gasteiger partial charge in [-0.2, -0.15) is 4.40 Å². The predicted octanol–water partition coefficient (Wildman–Crippen LogP) is 1.59. The van der Waals surface area contributed by atoms with Crippen LogP contribution in [0.25, 0.3) is 5.65 Å². The van der Waals surface area contributed by atoms with Crippen LogP contribution in [0.15, 0.2) is 24.4 Å². The third-order valence-corrected chi connectivity index (χ3v) is 4.05. The standard InChI is InChI=1S/C14H18N4O3/c1-14(19)5-8-16(9-6-14)10-11-13(18(20)21)17-7-3-2-4-12(17)15-11/h2-4,7,19H,5-6,8-10H2,1H3. The smallest absolute Gasteiger partial charge is 0.352 e. The summed E-state index contributed by atoms with van der Waals surface area (Å²) in [7, 11) is 0. The van der Waals surface area contributed by atoms with Crippen molar-refractivity contribution in [2.24, 2.45) is 0 Å². The highest BCUT2D eigenvalue weighted by Crippen LogP contribution is 2.26. The van der Waals surface area contributed by atoms with E-state index in [-0.39, 0.29) is 10.7 Å². The fourth-order valence-corrected chi connectivity index (χ4v) is 2.74. The lowest BCUT2D eigenvalue weighted by molar-refractivity contribution is -0.391. The van der Waals surface area contributed by atoms with Crippen molar-refractivity contribution >= 4 is 11.5 Å². The van der Waals surface area contributed by atoms with Crippen LogP contribution in [0.2, 0.25) is 0 Å². The number of nitrogens with zero attached hydrogens (tertiary/aromatic N) is 4. The molecule has 0 aromatic carbocycles. The number of hydrogen-bond acceptors (Lipinski definition) is 5. The summed E-state index contributed by atoms with van der Waals surface area (Å²) in [5.41, 5.74) is 0.442. The summed E-state index contributed by atoms with van der Waals surface area (Å²) in [5, 5.41) is 21.3. The zero-order chi connectivity index (χ0) is 15.0. The van der Waals surface area contributed by atoms with Crippen molar-refractivity contribution in [2.45, 2.75) is 31.9 Å². The van der Waals surface area contributed by atoms with E-state index in [1.807, 2.05) is 13.0 Å². The summed E-state index contributed by atoms with van der Waals surface area (Å²) in [6.45, 7) is 3.71. The van der Waals surface area contributed by atoms with Crippen LogP contribution in [0.4, 0.5) is 5.82 Å². The van der Waals surface area contributed by atoms with Crippen LogP contribution in [0.5, 0.6) is 0 Å². The highest BCUT2D eigenvalue weighted by Gasteiger charge is 2.30. The first-order valence-corrected chi connectivity index (χ1v) is 7.01. The molecule has 1 N–H and O–H groups in total. The highest BCUT2D eigenvalue weighted by molar-refractivity contribution is 5.48. The number of rotatable bonds is 3. The Balaban J connectivity index is 1.87. The Morgan fingerprint density at radius 1 is 1.43 bits per heavy atom. The maximum Gasteiger partial charge on any atom is 0.352 e. The summed E-state index contributed by atoms with van der Waals surface area (Å²) < 4.78 is 1.51. The Labute approximate surface area is 122 Å². The van der Waals surface area contributed by atoms with Crippen molar-refractivity contribution in [3.05, 3.63) is 40.2 Å². The Morgan fingerprint density at radius 2 is 2.14 bits per heavy atom. The summed E-state index contributed by atoms with van der Waals surface area (Å²) in [6.07, 6.45) is 3.01. The Morgan fingerprint density at radius 3 is 2.81 bits per heavy atom. The van der Waals surface area contributed by atoms with Crippen molar-refractivity contribution in [1.29, 1.82) is 0 Å². The molecule has 0 radical (unpaired) electrons. The molecule has 1 saturated heterocycles. The van der Waals surface area contributed by atoms with Crippen molar-refractivity contribution < 1.29 is 10.0 Å². The van der Waals surface area contributed by atoms with Crippen molar-refractivity contribution in [2.75, 3.05) is 13.1 Å². The van der Waals surface area contributed by atoms with Crippen LogP contribution in [0, 0.1) is 10.1 Å². The molecule has 1 fully saturated rings. The van der Waals surface area contributed by atoms with Gasteiger partial charge in [0.25, 0.3) is 0 Å². The van der Waals surface area contributed by atoms with Crippen LogP contribution in [-0.4, -0.2) is 43.0 Å². The second-order valence-electron chi connectivity index (χ2n) is 5.84. The second kappa shape index (κ2) is 5.09. The molecule has 0 aliphatic carbocycles. The van der Waals surface area contributed by atoms with Gasteiger partial charge in [0.15, 0.2) is 5.69 Å². The molecule has 0 unspecified atom stereocenters. The number of piperidine rings is 1. The molecule has 2 aromatic rings. The normalized spacial score (nSPS) is 19.0. The Hall–Kier alpha value is -1.99. The van der Waals surface area contributed by atoms with Gasteiger partial charge in [0, 0.05) is 25.7 Å². The molecule has 7 nitrogen and oxygen atoms in total. The summed E-state index contributed by atoms with van der Waals surface area (Å²) in [6, 6.07) is 5.33. The average molecular weight is 290 g/mol. The first kappa shape index (κ1) is 14.0. The van der Waals surface area contributed by atoms with E-state index >= 15 is 0 Å². The molecule has 0 saturated carbocycles. The van der Waals surface area contributed by atoms with Gasteiger partial charge in [0.05, 0.1) is 11.8 Å². The summed E-state index contributed by atoms with van der Waals surface area (Å²) in [5.74, 6) is 0.0305. The number of hydrogen-bond donors (Lipinski definition) is 1. The number of nitro groups is 1. The molecule has 3 rings (SSSR count). The molecular weight excluding hydrogens is 272 g/mol. The van der Waals surface area contributed by atoms with Crippen molar-refractivity contribution in [3.63, 3.8) is 0 Å². The molecule has 1 aliphatic rings. The molecule has 3 heterocycles. The van der Waals surface area contributed by atoms with Crippen LogP contribution in [-0.2, 0) is 6.54 Å². The van der Waals surface area contributed by atoms with E-state index in [4.69, 9.17) is 0 Å².